The van der Waals surface area contributed by atoms with E-state index in [1.165, 1.54) is 5.56 Å². The quantitative estimate of drug-likeness (QED) is 0.316. The highest BCUT2D eigenvalue weighted by Gasteiger charge is 2.23. The van der Waals surface area contributed by atoms with Crippen LogP contribution in [0.1, 0.15) is 17.2 Å². The number of halogens is 2. The number of rotatable bonds is 7. The molecule has 2 aromatic rings. The third kappa shape index (κ3) is 7.30. The van der Waals surface area contributed by atoms with Gasteiger partial charge in [-0.1, -0.05) is 35.9 Å². The van der Waals surface area contributed by atoms with Crippen LogP contribution in [-0.4, -0.2) is 57.9 Å². The number of hydrogen-bond acceptors (Lipinski definition) is 4. The number of morpholine rings is 1. The zero-order chi connectivity index (χ0) is 20.5. The molecule has 1 aliphatic rings. The highest BCUT2D eigenvalue weighted by molar-refractivity contribution is 14.0. The summed E-state index contributed by atoms with van der Waals surface area (Å²) < 4.78 is 10.7. The van der Waals surface area contributed by atoms with Gasteiger partial charge in [0.05, 0.1) is 26.4 Å². The van der Waals surface area contributed by atoms with Gasteiger partial charge in [0.2, 0.25) is 0 Å². The smallest absolute Gasteiger partial charge is 0.191 e. The molecule has 1 atom stereocenters. The molecule has 0 saturated carbocycles. The molecule has 8 heteroatoms. The van der Waals surface area contributed by atoms with E-state index >= 15 is 0 Å². The lowest BCUT2D eigenvalue weighted by Gasteiger charge is -2.35. The second kappa shape index (κ2) is 13.0. The second-order valence-corrected chi connectivity index (χ2v) is 7.31. The normalized spacial score (nSPS) is 15.8. The van der Waals surface area contributed by atoms with Crippen LogP contribution >= 0.6 is 35.6 Å². The predicted molar refractivity (Wildman–Crippen MR) is 133 cm³/mol. The van der Waals surface area contributed by atoms with Gasteiger partial charge < -0.3 is 20.1 Å². The summed E-state index contributed by atoms with van der Waals surface area (Å²) in [6.45, 7) is 4.71. The summed E-state index contributed by atoms with van der Waals surface area (Å²) >= 11 is 6.25. The van der Waals surface area contributed by atoms with Crippen molar-refractivity contribution in [3.63, 3.8) is 0 Å². The fourth-order valence-corrected chi connectivity index (χ4v) is 3.60. The monoisotopic (exact) mass is 544 g/mol. The molecule has 1 fully saturated rings. The van der Waals surface area contributed by atoms with Crippen LogP contribution in [0.3, 0.4) is 0 Å². The van der Waals surface area contributed by atoms with Crippen molar-refractivity contribution in [3.05, 3.63) is 64.7 Å². The highest BCUT2D eigenvalue weighted by Crippen LogP contribution is 2.24. The molecule has 0 bridgehead atoms. The van der Waals surface area contributed by atoms with E-state index in [0.29, 0.717) is 6.54 Å². The SMILES string of the molecule is CN=C(NCc1ccc(OC)cc1)NCC(c1cccc(Cl)c1)N1CCOCC1.I. The Hall–Kier alpha value is -1.55. The van der Waals surface area contributed by atoms with E-state index in [-0.39, 0.29) is 30.0 Å². The molecule has 0 aromatic heterocycles. The third-order valence-corrected chi connectivity index (χ3v) is 5.26. The number of aliphatic imine (C=N–C) groups is 1. The van der Waals surface area contributed by atoms with Gasteiger partial charge in [-0.05, 0) is 35.4 Å². The Bertz CT molecular complexity index is 798. The number of benzene rings is 2. The first kappa shape index (κ1) is 24.7. The van der Waals surface area contributed by atoms with Crippen molar-refractivity contribution in [2.45, 2.75) is 12.6 Å². The maximum absolute atomic E-state index is 6.25. The lowest BCUT2D eigenvalue weighted by Crippen LogP contribution is -2.46. The van der Waals surface area contributed by atoms with Crippen LogP contribution < -0.4 is 15.4 Å². The van der Waals surface area contributed by atoms with Gasteiger partial charge in [0.15, 0.2) is 5.96 Å². The van der Waals surface area contributed by atoms with Crippen LogP contribution in [0.15, 0.2) is 53.5 Å². The molecule has 2 aromatic carbocycles. The van der Waals surface area contributed by atoms with E-state index < -0.39 is 0 Å². The Labute approximate surface area is 201 Å². The minimum absolute atomic E-state index is 0. The van der Waals surface area contributed by atoms with Gasteiger partial charge in [-0.2, -0.15) is 0 Å². The van der Waals surface area contributed by atoms with Crippen LogP contribution in [-0.2, 0) is 11.3 Å². The van der Waals surface area contributed by atoms with Crippen molar-refractivity contribution in [1.29, 1.82) is 0 Å². The lowest BCUT2D eigenvalue weighted by atomic mass is 10.0. The Kier molecular flexibility index (Phi) is 10.7. The Morgan fingerprint density at radius 1 is 1.17 bits per heavy atom. The third-order valence-electron chi connectivity index (χ3n) is 5.03. The molecule has 0 radical (unpaired) electrons. The van der Waals surface area contributed by atoms with Crippen LogP contribution in [0, 0.1) is 0 Å². The number of nitrogens with one attached hydrogen (secondary N) is 2. The summed E-state index contributed by atoms with van der Waals surface area (Å²) in [4.78, 5) is 6.80. The molecular formula is C22H30ClIN4O2. The number of guanidine groups is 1. The van der Waals surface area contributed by atoms with Crippen LogP contribution in [0.25, 0.3) is 0 Å². The van der Waals surface area contributed by atoms with Crippen molar-refractivity contribution >= 4 is 41.5 Å². The van der Waals surface area contributed by atoms with Gasteiger partial charge >= 0.3 is 0 Å². The second-order valence-electron chi connectivity index (χ2n) is 6.87. The molecular weight excluding hydrogens is 515 g/mol. The lowest BCUT2D eigenvalue weighted by molar-refractivity contribution is 0.0170. The molecule has 0 amide bonds. The molecule has 0 aliphatic carbocycles. The molecule has 6 nitrogen and oxygen atoms in total. The molecule has 0 spiro atoms. The summed E-state index contributed by atoms with van der Waals surface area (Å²) in [5, 5.41) is 7.59. The molecule has 164 valence electrons. The van der Waals surface area contributed by atoms with Gasteiger partial charge in [0, 0.05) is 38.2 Å². The molecule has 1 heterocycles. The molecule has 2 N–H and O–H groups in total. The van der Waals surface area contributed by atoms with E-state index in [1.807, 2.05) is 42.5 Å². The summed E-state index contributed by atoms with van der Waals surface area (Å²) in [6.07, 6.45) is 0. The Morgan fingerprint density at radius 2 is 1.90 bits per heavy atom. The maximum Gasteiger partial charge on any atom is 0.191 e. The first-order valence-corrected chi connectivity index (χ1v) is 10.2. The average Bonchev–Trinajstić information content (AvgIpc) is 2.77. The van der Waals surface area contributed by atoms with Gasteiger partial charge in [-0.3, -0.25) is 9.89 Å². The standard InChI is InChI=1S/C22H29ClN4O2.HI/c1-24-22(25-15-17-6-8-20(28-2)9-7-17)26-16-21(27-10-12-29-13-11-27)18-4-3-5-19(23)14-18;/h3-9,14,21H,10-13,15-16H2,1-2H3,(H2,24,25,26);1H. The van der Waals surface area contributed by atoms with Gasteiger partial charge in [0.25, 0.3) is 0 Å². The number of ether oxygens (including phenoxy) is 2. The van der Waals surface area contributed by atoms with Crippen molar-refractivity contribution < 1.29 is 9.47 Å². The molecule has 30 heavy (non-hydrogen) atoms. The largest absolute Gasteiger partial charge is 0.497 e. The summed E-state index contributed by atoms with van der Waals surface area (Å²) in [6, 6.07) is 16.3. The highest BCUT2D eigenvalue weighted by atomic mass is 127. The molecule has 1 aliphatic heterocycles. The van der Waals surface area contributed by atoms with Crippen molar-refractivity contribution in [2.75, 3.05) is 47.0 Å². The zero-order valence-electron chi connectivity index (χ0n) is 17.4. The first-order chi connectivity index (χ1) is 14.2. The Morgan fingerprint density at radius 3 is 2.53 bits per heavy atom. The van der Waals surface area contributed by atoms with E-state index in [9.17, 15) is 0 Å². The summed E-state index contributed by atoms with van der Waals surface area (Å²) in [5.41, 5.74) is 2.35. The minimum Gasteiger partial charge on any atom is -0.497 e. The van der Waals surface area contributed by atoms with Crippen LogP contribution in [0.2, 0.25) is 5.02 Å². The van der Waals surface area contributed by atoms with Crippen molar-refractivity contribution in [2.24, 2.45) is 4.99 Å². The van der Waals surface area contributed by atoms with E-state index in [1.54, 1.807) is 14.2 Å². The van der Waals surface area contributed by atoms with Crippen LogP contribution in [0.5, 0.6) is 5.75 Å². The fraction of sp³-hybridized carbons (Fsp3) is 0.409. The van der Waals surface area contributed by atoms with E-state index in [2.05, 4.69) is 26.6 Å². The summed E-state index contributed by atoms with van der Waals surface area (Å²) in [5.74, 6) is 1.62. The Balaban J connectivity index is 0.00000320. The number of hydrogen-bond donors (Lipinski definition) is 2. The predicted octanol–water partition coefficient (Wildman–Crippen LogP) is 3.71. The van der Waals surface area contributed by atoms with Crippen molar-refractivity contribution in [3.8, 4) is 5.75 Å². The van der Waals surface area contributed by atoms with Gasteiger partial charge in [-0.25, -0.2) is 0 Å². The van der Waals surface area contributed by atoms with Gasteiger partial charge in [-0.15, -0.1) is 24.0 Å². The molecule has 1 unspecified atom stereocenters. The van der Waals surface area contributed by atoms with E-state index in [4.69, 9.17) is 21.1 Å². The van der Waals surface area contributed by atoms with E-state index in [0.717, 1.165) is 55.1 Å². The number of nitrogens with zero attached hydrogens (tertiary/aromatic N) is 2. The van der Waals surface area contributed by atoms with Crippen LogP contribution in [0.4, 0.5) is 0 Å². The molecule has 1 saturated heterocycles. The first-order valence-electron chi connectivity index (χ1n) is 9.84. The van der Waals surface area contributed by atoms with Gasteiger partial charge in [0.1, 0.15) is 5.75 Å². The zero-order valence-corrected chi connectivity index (χ0v) is 20.5. The topological polar surface area (TPSA) is 58.1 Å². The fourth-order valence-electron chi connectivity index (χ4n) is 3.40. The minimum atomic E-state index is 0. The summed E-state index contributed by atoms with van der Waals surface area (Å²) in [7, 11) is 3.45. The number of methoxy groups -OCH3 is 1. The maximum atomic E-state index is 6.25. The average molecular weight is 545 g/mol. The van der Waals surface area contributed by atoms with Crippen molar-refractivity contribution in [1.82, 2.24) is 15.5 Å². The molecule has 3 rings (SSSR count).